The minimum Gasteiger partial charge on any atom is -0.497 e. The lowest BCUT2D eigenvalue weighted by Crippen LogP contribution is -2.50. The smallest absolute Gasteiger partial charge is 0.255 e. The molecule has 0 saturated heterocycles. The summed E-state index contributed by atoms with van der Waals surface area (Å²) in [6.07, 6.45) is 0.708. The van der Waals surface area contributed by atoms with E-state index in [1.54, 1.807) is 55.6 Å². The summed E-state index contributed by atoms with van der Waals surface area (Å²) in [7, 11) is 1.55. The molecule has 35 heavy (non-hydrogen) atoms. The van der Waals surface area contributed by atoms with Gasteiger partial charge in [0, 0.05) is 12.1 Å². The molecule has 0 heterocycles. The highest BCUT2D eigenvalue weighted by atomic mass is 16.5. The molecule has 3 amide bonds. The van der Waals surface area contributed by atoms with E-state index in [0.717, 1.165) is 5.56 Å². The van der Waals surface area contributed by atoms with Crippen molar-refractivity contribution in [3.63, 3.8) is 0 Å². The van der Waals surface area contributed by atoms with Crippen molar-refractivity contribution in [2.24, 2.45) is 5.92 Å². The lowest BCUT2D eigenvalue weighted by atomic mass is 9.97. The van der Waals surface area contributed by atoms with E-state index in [9.17, 15) is 14.4 Å². The summed E-state index contributed by atoms with van der Waals surface area (Å²) in [5.74, 6) is -0.488. The normalized spacial score (nSPS) is 12.2. The molecule has 0 aliphatic carbocycles. The number of carbonyl (C=O) groups excluding carboxylic acids is 3. The average Bonchev–Trinajstić information content (AvgIpc) is 2.90. The topological polar surface area (TPSA) is 96.5 Å². The van der Waals surface area contributed by atoms with Crippen molar-refractivity contribution in [3.8, 4) is 5.75 Å². The van der Waals surface area contributed by atoms with E-state index in [2.05, 4.69) is 16.0 Å². The van der Waals surface area contributed by atoms with Gasteiger partial charge in [-0.25, -0.2) is 0 Å². The number of hydrogen-bond donors (Lipinski definition) is 3. The molecular formula is C28H31N3O4. The Kier molecular flexibility index (Phi) is 9.01. The summed E-state index contributed by atoms with van der Waals surface area (Å²) in [6, 6.07) is 22.3. The standard InChI is InChI=1S/C28H31N3O4/c1-4-19(2)25(28(34)29-18-20-10-6-5-7-11-20)31-27(33)23-12-8-9-13-24(23)30-26(32)21-14-16-22(35-3)17-15-21/h5-17,19,25H,4,18H2,1-3H3,(H,29,34)(H,30,32)(H,31,33)/t19-,25-/m0/s1. The van der Waals surface area contributed by atoms with E-state index in [-0.39, 0.29) is 23.3 Å². The van der Waals surface area contributed by atoms with Crippen LogP contribution in [0.4, 0.5) is 5.69 Å². The summed E-state index contributed by atoms with van der Waals surface area (Å²) in [5, 5.41) is 8.58. The first kappa shape index (κ1) is 25.5. The van der Waals surface area contributed by atoms with E-state index >= 15 is 0 Å². The second-order valence-corrected chi connectivity index (χ2v) is 8.27. The van der Waals surface area contributed by atoms with Crippen LogP contribution in [-0.4, -0.2) is 30.9 Å². The van der Waals surface area contributed by atoms with Crippen LogP contribution >= 0.6 is 0 Å². The molecule has 7 heteroatoms. The van der Waals surface area contributed by atoms with Gasteiger partial charge in [-0.05, 0) is 47.9 Å². The summed E-state index contributed by atoms with van der Waals surface area (Å²) >= 11 is 0. The molecule has 182 valence electrons. The highest BCUT2D eigenvalue weighted by Crippen LogP contribution is 2.19. The molecular weight excluding hydrogens is 442 g/mol. The first-order chi connectivity index (χ1) is 16.9. The van der Waals surface area contributed by atoms with Crippen molar-refractivity contribution < 1.29 is 19.1 Å². The third kappa shape index (κ3) is 6.93. The molecule has 2 atom stereocenters. The zero-order valence-electron chi connectivity index (χ0n) is 20.2. The molecule has 0 aliphatic rings. The van der Waals surface area contributed by atoms with Crippen LogP contribution in [0.3, 0.4) is 0 Å². The Morgan fingerprint density at radius 2 is 1.51 bits per heavy atom. The maximum Gasteiger partial charge on any atom is 0.255 e. The average molecular weight is 474 g/mol. The molecule has 3 N–H and O–H groups in total. The predicted molar refractivity (Wildman–Crippen MR) is 136 cm³/mol. The molecule has 0 saturated carbocycles. The predicted octanol–water partition coefficient (Wildman–Crippen LogP) is 4.41. The zero-order valence-corrected chi connectivity index (χ0v) is 20.2. The minimum atomic E-state index is -0.721. The van der Waals surface area contributed by atoms with Crippen molar-refractivity contribution in [2.75, 3.05) is 12.4 Å². The molecule has 0 aliphatic heterocycles. The lowest BCUT2D eigenvalue weighted by Gasteiger charge is -2.24. The molecule has 7 nitrogen and oxygen atoms in total. The van der Waals surface area contributed by atoms with Crippen molar-refractivity contribution in [1.82, 2.24) is 10.6 Å². The van der Waals surface area contributed by atoms with E-state index in [1.165, 1.54) is 0 Å². The second-order valence-electron chi connectivity index (χ2n) is 8.27. The first-order valence-electron chi connectivity index (χ1n) is 11.6. The van der Waals surface area contributed by atoms with Gasteiger partial charge in [0.15, 0.2) is 0 Å². The van der Waals surface area contributed by atoms with Crippen molar-refractivity contribution >= 4 is 23.4 Å². The highest BCUT2D eigenvalue weighted by Gasteiger charge is 2.27. The number of hydrogen-bond acceptors (Lipinski definition) is 4. The fraction of sp³-hybridized carbons (Fsp3) is 0.250. The van der Waals surface area contributed by atoms with E-state index in [1.807, 2.05) is 44.2 Å². The van der Waals surface area contributed by atoms with E-state index < -0.39 is 11.9 Å². The van der Waals surface area contributed by atoms with Gasteiger partial charge < -0.3 is 20.7 Å². The number of amides is 3. The Hall–Kier alpha value is -4.13. The fourth-order valence-corrected chi connectivity index (χ4v) is 3.54. The van der Waals surface area contributed by atoms with Gasteiger partial charge in [0.2, 0.25) is 5.91 Å². The van der Waals surface area contributed by atoms with Crippen LogP contribution in [0.5, 0.6) is 5.75 Å². The van der Waals surface area contributed by atoms with Crippen molar-refractivity contribution in [3.05, 3.63) is 95.6 Å². The van der Waals surface area contributed by atoms with Crippen LogP contribution in [0.25, 0.3) is 0 Å². The van der Waals surface area contributed by atoms with Crippen LogP contribution in [0, 0.1) is 5.92 Å². The summed E-state index contributed by atoms with van der Waals surface area (Å²) in [5.41, 5.74) is 2.04. The van der Waals surface area contributed by atoms with Gasteiger partial charge in [-0.15, -0.1) is 0 Å². The van der Waals surface area contributed by atoms with Crippen LogP contribution in [0.2, 0.25) is 0 Å². The molecule has 0 radical (unpaired) electrons. The quantitative estimate of drug-likeness (QED) is 0.406. The molecule has 0 unspecified atom stereocenters. The van der Waals surface area contributed by atoms with E-state index in [0.29, 0.717) is 30.0 Å². The third-order valence-corrected chi connectivity index (χ3v) is 5.86. The summed E-state index contributed by atoms with van der Waals surface area (Å²) in [4.78, 5) is 38.9. The second kappa shape index (κ2) is 12.4. The Bertz CT molecular complexity index is 1150. The molecule has 0 spiro atoms. The van der Waals surface area contributed by atoms with Gasteiger partial charge in [-0.1, -0.05) is 62.7 Å². The number of ether oxygens (including phenoxy) is 1. The number of rotatable bonds is 10. The zero-order chi connectivity index (χ0) is 25.2. The van der Waals surface area contributed by atoms with Gasteiger partial charge in [0.1, 0.15) is 11.8 Å². The molecule has 3 rings (SSSR count). The summed E-state index contributed by atoms with van der Waals surface area (Å²) in [6.45, 7) is 4.26. The third-order valence-electron chi connectivity index (χ3n) is 5.86. The van der Waals surface area contributed by atoms with Crippen molar-refractivity contribution in [2.45, 2.75) is 32.9 Å². The molecule has 0 fully saturated rings. The fourth-order valence-electron chi connectivity index (χ4n) is 3.54. The Morgan fingerprint density at radius 1 is 0.857 bits per heavy atom. The maximum absolute atomic E-state index is 13.2. The van der Waals surface area contributed by atoms with Gasteiger partial charge in [0.05, 0.1) is 18.4 Å². The number of methoxy groups -OCH3 is 1. The minimum absolute atomic E-state index is 0.0872. The Morgan fingerprint density at radius 3 is 2.17 bits per heavy atom. The SMILES string of the molecule is CC[C@H](C)[C@H](NC(=O)c1ccccc1NC(=O)c1ccc(OC)cc1)C(=O)NCc1ccccc1. The number of benzene rings is 3. The summed E-state index contributed by atoms with van der Waals surface area (Å²) < 4.78 is 5.13. The Labute approximate surface area is 205 Å². The van der Waals surface area contributed by atoms with Gasteiger partial charge in [-0.3, -0.25) is 14.4 Å². The monoisotopic (exact) mass is 473 g/mol. The van der Waals surface area contributed by atoms with E-state index in [4.69, 9.17) is 4.74 Å². The van der Waals surface area contributed by atoms with Crippen LogP contribution in [0.1, 0.15) is 46.5 Å². The molecule has 0 aromatic heterocycles. The maximum atomic E-state index is 13.2. The van der Waals surface area contributed by atoms with Gasteiger partial charge in [0.25, 0.3) is 11.8 Å². The molecule has 3 aromatic carbocycles. The number of nitrogens with one attached hydrogen (secondary N) is 3. The Balaban J connectivity index is 1.72. The number of anilines is 1. The van der Waals surface area contributed by atoms with Gasteiger partial charge >= 0.3 is 0 Å². The number of carbonyl (C=O) groups is 3. The molecule has 3 aromatic rings. The highest BCUT2D eigenvalue weighted by molar-refractivity contribution is 6.09. The van der Waals surface area contributed by atoms with Crippen LogP contribution in [-0.2, 0) is 11.3 Å². The van der Waals surface area contributed by atoms with Crippen LogP contribution < -0.4 is 20.7 Å². The lowest BCUT2D eigenvalue weighted by molar-refractivity contribution is -0.124. The number of para-hydroxylation sites is 1. The first-order valence-corrected chi connectivity index (χ1v) is 11.6. The van der Waals surface area contributed by atoms with Gasteiger partial charge in [-0.2, -0.15) is 0 Å². The van der Waals surface area contributed by atoms with Crippen LogP contribution in [0.15, 0.2) is 78.9 Å². The molecule has 0 bridgehead atoms. The van der Waals surface area contributed by atoms with Crippen molar-refractivity contribution in [1.29, 1.82) is 0 Å². The largest absolute Gasteiger partial charge is 0.497 e.